The number of fused-ring (bicyclic) bond motifs is 1. The summed E-state index contributed by atoms with van der Waals surface area (Å²) in [6, 6.07) is 2.42. The normalized spacial score (nSPS) is 20.0. The highest BCUT2D eigenvalue weighted by atomic mass is 19.2. The molecule has 1 aliphatic rings. The van der Waals surface area contributed by atoms with Crippen molar-refractivity contribution in [2.24, 2.45) is 0 Å². The maximum atomic E-state index is 13.8. The van der Waals surface area contributed by atoms with Crippen molar-refractivity contribution >= 4 is 10.9 Å². The standard InChI is InChI=1S/C20H28F2N4O/c1-4-6-18(25-9-7-13(3)23-8-10-25)19-24-17-12-16(22)15(21)11-14(17)20(27)26(19)5-2/h11-13,18,23H,4-10H2,1-3H3/t13-,18+/m0/s1. The molecule has 1 N–H and O–H groups in total. The Labute approximate surface area is 158 Å². The highest BCUT2D eigenvalue weighted by molar-refractivity contribution is 5.77. The molecular weight excluding hydrogens is 350 g/mol. The summed E-state index contributed by atoms with van der Waals surface area (Å²) in [6.45, 7) is 9.26. The van der Waals surface area contributed by atoms with Crippen LogP contribution in [0.1, 0.15) is 51.9 Å². The van der Waals surface area contributed by atoms with Gasteiger partial charge in [0.1, 0.15) is 5.82 Å². The second kappa shape index (κ2) is 8.44. The fourth-order valence-corrected chi connectivity index (χ4v) is 3.88. The van der Waals surface area contributed by atoms with Gasteiger partial charge in [-0.15, -0.1) is 0 Å². The number of halogens is 2. The second-order valence-corrected chi connectivity index (χ2v) is 7.29. The van der Waals surface area contributed by atoms with Crippen molar-refractivity contribution in [1.82, 2.24) is 19.8 Å². The molecule has 0 spiro atoms. The lowest BCUT2D eigenvalue weighted by atomic mass is 10.1. The van der Waals surface area contributed by atoms with E-state index in [1.807, 2.05) is 6.92 Å². The quantitative estimate of drug-likeness (QED) is 0.868. The molecule has 0 amide bonds. The highest BCUT2D eigenvalue weighted by Crippen LogP contribution is 2.26. The van der Waals surface area contributed by atoms with Gasteiger partial charge in [0.25, 0.3) is 5.56 Å². The summed E-state index contributed by atoms with van der Waals surface area (Å²) in [7, 11) is 0. The molecule has 1 aliphatic heterocycles. The van der Waals surface area contributed by atoms with E-state index in [2.05, 4.69) is 29.0 Å². The first-order chi connectivity index (χ1) is 13.0. The van der Waals surface area contributed by atoms with E-state index in [-0.39, 0.29) is 22.5 Å². The first-order valence-electron chi connectivity index (χ1n) is 9.83. The maximum absolute atomic E-state index is 13.8. The zero-order valence-electron chi connectivity index (χ0n) is 16.3. The average Bonchev–Trinajstić information content (AvgIpc) is 2.86. The van der Waals surface area contributed by atoms with E-state index in [9.17, 15) is 13.6 Å². The molecule has 1 fully saturated rings. The molecule has 5 nitrogen and oxygen atoms in total. The zero-order chi connectivity index (χ0) is 19.6. The number of nitrogens with zero attached hydrogens (tertiary/aromatic N) is 3. The van der Waals surface area contributed by atoms with E-state index in [1.54, 1.807) is 4.57 Å². The minimum absolute atomic E-state index is 0.0211. The number of benzene rings is 1. The van der Waals surface area contributed by atoms with Crippen LogP contribution in [-0.2, 0) is 6.54 Å². The van der Waals surface area contributed by atoms with Crippen LogP contribution in [0.25, 0.3) is 10.9 Å². The summed E-state index contributed by atoms with van der Waals surface area (Å²) in [4.78, 5) is 20.0. The number of hydrogen-bond donors (Lipinski definition) is 1. The molecule has 7 heteroatoms. The molecule has 2 aromatic rings. The zero-order valence-corrected chi connectivity index (χ0v) is 16.3. The highest BCUT2D eigenvalue weighted by Gasteiger charge is 2.27. The molecule has 148 valence electrons. The van der Waals surface area contributed by atoms with E-state index < -0.39 is 11.6 Å². The Morgan fingerprint density at radius 3 is 2.70 bits per heavy atom. The van der Waals surface area contributed by atoms with Crippen molar-refractivity contribution in [3.05, 3.63) is 39.9 Å². The van der Waals surface area contributed by atoms with Crippen LogP contribution < -0.4 is 10.9 Å². The van der Waals surface area contributed by atoms with Gasteiger partial charge in [-0.05, 0) is 32.8 Å². The Morgan fingerprint density at radius 2 is 2.00 bits per heavy atom. The van der Waals surface area contributed by atoms with Gasteiger partial charge in [-0.1, -0.05) is 13.3 Å². The Hall–Kier alpha value is -1.86. The number of hydrogen-bond acceptors (Lipinski definition) is 4. The van der Waals surface area contributed by atoms with Gasteiger partial charge in [0.05, 0.1) is 16.9 Å². The minimum Gasteiger partial charge on any atom is -0.313 e. The number of rotatable bonds is 5. The molecule has 1 aromatic heterocycles. The van der Waals surface area contributed by atoms with Gasteiger partial charge >= 0.3 is 0 Å². The molecule has 0 bridgehead atoms. The lowest BCUT2D eigenvalue weighted by Gasteiger charge is -2.31. The third-order valence-electron chi connectivity index (χ3n) is 5.38. The predicted molar refractivity (Wildman–Crippen MR) is 103 cm³/mol. The minimum atomic E-state index is -1.02. The van der Waals surface area contributed by atoms with Gasteiger partial charge in [0.15, 0.2) is 11.6 Å². The maximum Gasteiger partial charge on any atom is 0.261 e. The molecule has 0 radical (unpaired) electrons. The van der Waals surface area contributed by atoms with Crippen LogP contribution in [0.4, 0.5) is 8.78 Å². The molecule has 0 unspecified atom stereocenters. The molecule has 0 saturated carbocycles. The van der Waals surface area contributed by atoms with Crippen LogP contribution in [0.15, 0.2) is 16.9 Å². The molecule has 0 aliphatic carbocycles. The lowest BCUT2D eigenvalue weighted by molar-refractivity contribution is 0.184. The van der Waals surface area contributed by atoms with Crippen LogP contribution in [-0.4, -0.2) is 40.1 Å². The summed E-state index contributed by atoms with van der Waals surface area (Å²) >= 11 is 0. The topological polar surface area (TPSA) is 50.2 Å². The molecule has 2 atom stereocenters. The Morgan fingerprint density at radius 1 is 1.26 bits per heavy atom. The third-order valence-corrected chi connectivity index (χ3v) is 5.38. The molecule has 2 heterocycles. The average molecular weight is 378 g/mol. The van der Waals surface area contributed by atoms with Gasteiger partial charge in [0, 0.05) is 38.3 Å². The Bertz CT molecular complexity index is 867. The van der Waals surface area contributed by atoms with Gasteiger partial charge in [-0.3, -0.25) is 14.3 Å². The lowest BCUT2D eigenvalue weighted by Crippen LogP contribution is -2.37. The first-order valence-corrected chi connectivity index (χ1v) is 9.83. The van der Waals surface area contributed by atoms with Crippen molar-refractivity contribution in [1.29, 1.82) is 0 Å². The van der Waals surface area contributed by atoms with E-state index >= 15 is 0 Å². The summed E-state index contributed by atoms with van der Waals surface area (Å²) in [5, 5.41) is 3.61. The van der Waals surface area contributed by atoms with E-state index in [0.29, 0.717) is 18.4 Å². The molecule has 1 aromatic carbocycles. The molecule has 27 heavy (non-hydrogen) atoms. The monoisotopic (exact) mass is 378 g/mol. The van der Waals surface area contributed by atoms with Crippen molar-refractivity contribution in [2.45, 2.75) is 58.7 Å². The summed E-state index contributed by atoms with van der Waals surface area (Å²) < 4.78 is 29.0. The molecule has 1 saturated heterocycles. The van der Waals surface area contributed by atoms with Crippen LogP contribution >= 0.6 is 0 Å². The van der Waals surface area contributed by atoms with Crippen molar-refractivity contribution in [2.75, 3.05) is 19.6 Å². The Balaban J connectivity index is 2.13. The predicted octanol–water partition coefficient (Wildman–Crippen LogP) is 3.22. The Kier molecular flexibility index (Phi) is 6.22. The van der Waals surface area contributed by atoms with Crippen LogP contribution in [0.2, 0.25) is 0 Å². The van der Waals surface area contributed by atoms with E-state index in [0.717, 1.165) is 51.0 Å². The van der Waals surface area contributed by atoms with E-state index in [1.165, 1.54) is 0 Å². The van der Waals surface area contributed by atoms with Gasteiger partial charge in [-0.25, -0.2) is 13.8 Å². The van der Waals surface area contributed by atoms with Gasteiger partial charge in [-0.2, -0.15) is 0 Å². The van der Waals surface area contributed by atoms with Crippen molar-refractivity contribution < 1.29 is 8.78 Å². The summed E-state index contributed by atoms with van der Waals surface area (Å²) in [6.07, 6.45) is 2.82. The third kappa shape index (κ3) is 4.04. The second-order valence-electron chi connectivity index (χ2n) is 7.29. The first kappa shape index (κ1) is 19.9. The summed E-state index contributed by atoms with van der Waals surface area (Å²) in [5.74, 6) is -1.35. The number of nitrogens with one attached hydrogen (secondary N) is 1. The van der Waals surface area contributed by atoms with Gasteiger partial charge in [0.2, 0.25) is 0 Å². The van der Waals surface area contributed by atoms with E-state index in [4.69, 9.17) is 0 Å². The SMILES string of the molecule is CCC[C@H](c1nc2cc(F)c(F)cc2c(=O)n1CC)N1CCN[C@@H](C)CC1. The largest absolute Gasteiger partial charge is 0.313 e. The fourth-order valence-electron chi connectivity index (χ4n) is 3.88. The van der Waals surface area contributed by atoms with Crippen LogP contribution in [0.5, 0.6) is 0 Å². The molecule has 3 rings (SSSR count). The van der Waals surface area contributed by atoms with Crippen molar-refractivity contribution in [3.63, 3.8) is 0 Å². The van der Waals surface area contributed by atoms with Crippen molar-refractivity contribution in [3.8, 4) is 0 Å². The van der Waals surface area contributed by atoms with Crippen LogP contribution in [0.3, 0.4) is 0 Å². The smallest absolute Gasteiger partial charge is 0.261 e. The van der Waals surface area contributed by atoms with Gasteiger partial charge < -0.3 is 5.32 Å². The molecular formula is C20H28F2N4O. The fraction of sp³-hybridized carbons (Fsp3) is 0.600. The van der Waals surface area contributed by atoms with Crippen LogP contribution in [0, 0.1) is 11.6 Å². The number of aromatic nitrogens is 2. The summed E-state index contributed by atoms with van der Waals surface area (Å²) in [5.41, 5.74) is -0.0835.